The topological polar surface area (TPSA) is 57.4 Å². The quantitative estimate of drug-likeness (QED) is 0.489. The summed E-state index contributed by atoms with van der Waals surface area (Å²) in [4.78, 5) is 15.9. The van der Waals surface area contributed by atoms with Crippen molar-refractivity contribution in [2.75, 3.05) is 0 Å². The van der Waals surface area contributed by atoms with E-state index in [9.17, 15) is 0 Å². The summed E-state index contributed by atoms with van der Waals surface area (Å²) in [5, 5.41) is 0. The van der Waals surface area contributed by atoms with E-state index >= 15 is 0 Å². The molecule has 0 aliphatic carbocycles. The van der Waals surface area contributed by atoms with Gasteiger partial charge in [0.2, 0.25) is 0 Å². The van der Waals surface area contributed by atoms with Gasteiger partial charge in [0.1, 0.15) is 11.4 Å². The molecule has 0 saturated carbocycles. The van der Waals surface area contributed by atoms with Gasteiger partial charge in [-0.1, -0.05) is 0 Å². The number of rotatable bonds is 0. The predicted octanol–water partition coefficient (Wildman–Crippen LogP) is 3.21. The highest BCUT2D eigenvalue weighted by Gasteiger charge is 2.04. The molecule has 0 aliphatic heterocycles. The molecule has 0 bridgehead atoms. The van der Waals surface area contributed by atoms with Crippen molar-refractivity contribution in [3.8, 4) is 23.7 Å². The second-order valence-corrected chi connectivity index (χ2v) is 6.55. The number of hydrogen-bond acceptors (Lipinski definition) is 4. The lowest BCUT2D eigenvalue weighted by molar-refractivity contribution is 1.30. The second kappa shape index (κ2) is 5.53. The average Bonchev–Trinajstić information content (AvgIpc) is 3.26. The van der Waals surface area contributed by atoms with Crippen LogP contribution in [0, 0.1) is 23.7 Å². The van der Waals surface area contributed by atoms with Gasteiger partial charge in [-0.2, -0.15) is 0 Å². The Balaban J connectivity index is 1.60. The first kappa shape index (κ1) is 12.9. The number of H-pyrrole nitrogens is 2. The largest absolute Gasteiger partial charge is 0.338 e. The first-order valence-corrected chi connectivity index (χ1v) is 8.04. The Kier molecular flexibility index (Phi) is 3.24. The van der Waals surface area contributed by atoms with E-state index in [0.29, 0.717) is 0 Å². The van der Waals surface area contributed by atoms with Crippen molar-refractivity contribution < 1.29 is 0 Å². The molecule has 0 fully saturated rings. The van der Waals surface area contributed by atoms with E-state index in [4.69, 9.17) is 0 Å². The van der Waals surface area contributed by atoms with E-state index in [2.05, 4.69) is 55.8 Å². The van der Waals surface area contributed by atoms with Crippen molar-refractivity contribution in [3.05, 3.63) is 58.3 Å². The first-order valence-electron chi connectivity index (χ1n) is 6.41. The van der Waals surface area contributed by atoms with Gasteiger partial charge in [0.25, 0.3) is 0 Å². The maximum atomic E-state index is 3.95. The van der Waals surface area contributed by atoms with Gasteiger partial charge in [-0.3, -0.25) is 0 Å². The van der Waals surface area contributed by atoms with Gasteiger partial charge in [-0.15, -0.1) is 22.7 Å². The second-order valence-electron chi connectivity index (χ2n) is 4.38. The number of hydrogen-bond donors (Lipinski definition) is 2. The SMILES string of the molecule is C(#Cc1cc2sc(C#Cc3cnc[nH]3)cc2s1)c1cnc[nH]1. The fraction of sp³-hybridized carbons (Fsp3) is 0. The summed E-state index contributed by atoms with van der Waals surface area (Å²) in [6, 6.07) is 4.21. The van der Waals surface area contributed by atoms with E-state index in [0.717, 1.165) is 21.1 Å². The fourth-order valence-corrected chi connectivity index (χ4v) is 3.97. The molecule has 4 rings (SSSR count). The van der Waals surface area contributed by atoms with Gasteiger partial charge in [0.15, 0.2) is 0 Å². The van der Waals surface area contributed by atoms with E-state index in [1.54, 1.807) is 47.7 Å². The van der Waals surface area contributed by atoms with Crippen LogP contribution in [0.3, 0.4) is 0 Å². The zero-order chi connectivity index (χ0) is 14.8. The minimum Gasteiger partial charge on any atom is -0.338 e. The summed E-state index contributed by atoms with van der Waals surface area (Å²) in [7, 11) is 0. The molecule has 4 aromatic heterocycles. The lowest BCUT2D eigenvalue weighted by Crippen LogP contribution is -1.70. The third kappa shape index (κ3) is 2.66. The van der Waals surface area contributed by atoms with Gasteiger partial charge in [-0.25, -0.2) is 9.97 Å². The maximum Gasteiger partial charge on any atom is 0.109 e. The summed E-state index contributed by atoms with van der Waals surface area (Å²) in [6.07, 6.45) is 6.68. The molecule has 0 amide bonds. The minimum atomic E-state index is 0.822. The number of thiophene rings is 2. The molecule has 0 saturated heterocycles. The lowest BCUT2D eigenvalue weighted by Gasteiger charge is -1.80. The van der Waals surface area contributed by atoms with Crippen molar-refractivity contribution in [3.63, 3.8) is 0 Å². The van der Waals surface area contributed by atoms with Gasteiger partial charge >= 0.3 is 0 Å². The van der Waals surface area contributed by atoms with Crippen molar-refractivity contribution >= 4 is 32.1 Å². The van der Waals surface area contributed by atoms with Crippen LogP contribution in [0.2, 0.25) is 0 Å². The lowest BCUT2D eigenvalue weighted by atomic mass is 10.4. The van der Waals surface area contributed by atoms with Crippen molar-refractivity contribution in [1.82, 2.24) is 19.9 Å². The molecule has 4 nitrogen and oxygen atoms in total. The van der Waals surface area contributed by atoms with Crippen molar-refractivity contribution in [2.45, 2.75) is 0 Å². The van der Waals surface area contributed by atoms with Gasteiger partial charge in [-0.05, 0) is 35.8 Å². The van der Waals surface area contributed by atoms with Crippen molar-refractivity contribution in [2.24, 2.45) is 0 Å². The van der Waals surface area contributed by atoms with Crippen LogP contribution < -0.4 is 0 Å². The number of fused-ring (bicyclic) bond motifs is 1. The molecular formula is C16H8N4S2. The normalized spacial score (nSPS) is 10.0. The van der Waals surface area contributed by atoms with E-state index in [-0.39, 0.29) is 0 Å². The number of nitrogens with zero attached hydrogens (tertiary/aromatic N) is 2. The Morgan fingerprint density at radius 3 is 1.64 bits per heavy atom. The Morgan fingerprint density at radius 1 is 0.727 bits per heavy atom. The molecule has 0 aliphatic rings. The molecule has 104 valence electrons. The predicted molar refractivity (Wildman–Crippen MR) is 88.8 cm³/mol. The molecule has 0 spiro atoms. The monoisotopic (exact) mass is 320 g/mol. The van der Waals surface area contributed by atoms with Gasteiger partial charge in [0, 0.05) is 9.40 Å². The highest BCUT2D eigenvalue weighted by molar-refractivity contribution is 7.28. The third-order valence-corrected chi connectivity index (χ3v) is 4.97. The van der Waals surface area contributed by atoms with Crippen LogP contribution in [0.15, 0.2) is 37.2 Å². The highest BCUT2D eigenvalue weighted by Crippen LogP contribution is 2.32. The molecule has 4 aromatic rings. The van der Waals surface area contributed by atoms with Crippen LogP contribution >= 0.6 is 22.7 Å². The first-order chi connectivity index (χ1) is 10.9. The fourth-order valence-electron chi connectivity index (χ4n) is 1.87. The van der Waals surface area contributed by atoms with E-state index in [1.165, 1.54) is 9.40 Å². The molecule has 22 heavy (non-hydrogen) atoms. The third-order valence-electron chi connectivity index (χ3n) is 2.84. The smallest absolute Gasteiger partial charge is 0.109 e. The summed E-state index contributed by atoms with van der Waals surface area (Å²) in [5.74, 6) is 12.4. The molecule has 6 heteroatoms. The molecule has 0 unspecified atom stereocenters. The number of imidazole rings is 2. The Bertz CT molecular complexity index is 916. The summed E-state index contributed by atoms with van der Waals surface area (Å²) in [6.45, 7) is 0. The number of aromatic amines is 2. The molecule has 0 radical (unpaired) electrons. The number of nitrogens with one attached hydrogen (secondary N) is 2. The van der Waals surface area contributed by atoms with Gasteiger partial charge in [0.05, 0.1) is 34.8 Å². The molecular weight excluding hydrogens is 312 g/mol. The van der Waals surface area contributed by atoms with Crippen LogP contribution in [0.1, 0.15) is 21.1 Å². The van der Waals surface area contributed by atoms with Crippen LogP contribution in [-0.2, 0) is 0 Å². The Hall–Kier alpha value is -2.80. The van der Waals surface area contributed by atoms with Crippen molar-refractivity contribution in [1.29, 1.82) is 0 Å². The van der Waals surface area contributed by atoms with Gasteiger partial charge < -0.3 is 9.97 Å². The summed E-state index contributed by atoms with van der Waals surface area (Å²) in [5.41, 5.74) is 1.64. The molecule has 0 atom stereocenters. The zero-order valence-corrected chi connectivity index (χ0v) is 12.8. The standard InChI is InChI=1S/C16H8N4S2/c1(11-7-17-9-19-11)3-13-5-15-16(21-13)6-14(22-15)4-2-12-8-18-10-20-12/h5-10H,(H,17,19)(H,18,20). The van der Waals surface area contributed by atoms with E-state index < -0.39 is 0 Å². The maximum absolute atomic E-state index is 3.95. The minimum absolute atomic E-state index is 0.822. The van der Waals surface area contributed by atoms with E-state index in [1.807, 2.05) is 0 Å². The Labute approximate surface area is 134 Å². The zero-order valence-electron chi connectivity index (χ0n) is 11.2. The summed E-state index contributed by atoms with van der Waals surface area (Å²) < 4.78 is 2.43. The average molecular weight is 320 g/mol. The van der Waals surface area contributed by atoms with Crippen LogP contribution in [0.5, 0.6) is 0 Å². The highest BCUT2D eigenvalue weighted by atomic mass is 32.1. The molecule has 0 aromatic carbocycles. The molecule has 4 heterocycles. The molecule has 2 N–H and O–H groups in total. The number of aromatic nitrogens is 4. The Morgan fingerprint density at radius 2 is 1.23 bits per heavy atom. The van der Waals surface area contributed by atoms with Crippen LogP contribution in [0.25, 0.3) is 9.40 Å². The van der Waals surface area contributed by atoms with Crippen LogP contribution in [0.4, 0.5) is 0 Å². The van der Waals surface area contributed by atoms with Crippen LogP contribution in [-0.4, -0.2) is 19.9 Å². The summed E-state index contributed by atoms with van der Waals surface area (Å²) >= 11 is 3.36.